The van der Waals surface area contributed by atoms with E-state index >= 15 is 0 Å². The van der Waals surface area contributed by atoms with Crippen LogP contribution in [0.1, 0.15) is 46.6 Å². The number of piperidine rings is 1. The minimum atomic E-state index is -0.413. The maximum absolute atomic E-state index is 13.5. The first-order valence-electron chi connectivity index (χ1n) is 12.2. The number of likely N-dealkylation sites (N-methyl/N-ethyl adjacent to an activating group) is 1. The molecule has 2 amide bonds. The molecular weight excluding hydrogens is 443 g/mol. The number of hydrogen-bond acceptors (Lipinski definition) is 3. The third-order valence-electron chi connectivity index (χ3n) is 7.85. The van der Waals surface area contributed by atoms with Crippen LogP contribution in [-0.4, -0.2) is 57.3 Å². The number of aryl methyl sites for hydroxylation is 1. The maximum atomic E-state index is 13.5. The van der Waals surface area contributed by atoms with Gasteiger partial charge in [0.2, 0.25) is 5.91 Å². The van der Waals surface area contributed by atoms with Gasteiger partial charge in [-0.2, -0.15) is 0 Å². The maximum Gasteiger partial charge on any atom is 0.254 e. The van der Waals surface area contributed by atoms with E-state index in [9.17, 15) is 14.0 Å². The Kier molecular flexibility index (Phi) is 6.17. The molecule has 0 N–H and O–H groups in total. The van der Waals surface area contributed by atoms with Crippen molar-refractivity contribution in [2.24, 2.45) is 5.41 Å². The molecule has 6 nitrogen and oxygen atoms in total. The van der Waals surface area contributed by atoms with Gasteiger partial charge in [-0.05, 0) is 61.9 Å². The number of nitrogens with zero attached hydrogens (tertiary/aromatic N) is 4. The first-order valence-corrected chi connectivity index (χ1v) is 12.2. The van der Waals surface area contributed by atoms with Gasteiger partial charge in [-0.25, -0.2) is 9.37 Å². The van der Waals surface area contributed by atoms with Crippen LogP contribution in [0.4, 0.5) is 4.39 Å². The Hall–Kier alpha value is -3.48. The monoisotopic (exact) mass is 474 g/mol. The second-order valence-electron chi connectivity index (χ2n) is 9.94. The highest BCUT2D eigenvalue weighted by molar-refractivity contribution is 5.96. The number of imidazole rings is 1. The quantitative estimate of drug-likeness (QED) is 0.560. The van der Waals surface area contributed by atoms with Crippen molar-refractivity contribution in [2.45, 2.75) is 45.2 Å². The molecule has 2 aliphatic rings. The average Bonchev–Trinajstić information content (AvgIpc) is 3.37. The molecule has 0 radical (unpaired) electrons. The number of rotatable bonds is 5. The first kappa shape index (κ1) is 23.3. The zero-order valence-electron chi connectivity index (χ0n) is 20.3. The normalized spacial score (nSPS) is 19.5. The molecule has 3 heterocycles. The molecule has 2 saturated heterocycles. The first-order chi connectivity index (χ1) is 16.9. The smallest absolute Gasteiger partial charge is 0.254 e. The largest absolute Gasteiger partial charge is 0.342 e. The number of amides is 2. The summed E-state index contributed by atoms with van der Waals surface area (Å²) in [6.07, 6.45) is 6.52. The summed E-state index contributed by atoms with van der Waals surface area (Å²) in [4.78, 5) is 34.8. The molecule has 2 aromatic carbocycles. The lowest BCUT2D eigenvalue weighted by Crippen LogP contribution is -2.46. The van der Waals surface area contributed by atoms with E-state index in [-0.39, 0.29) is 23.7 Å². The van der Waals surface area contributed by atoms with Crippen LogP contribution in [0.25, 0.3) is 0 Å². The molecule has 1 atom stereocenters. The van der Waals surface area contributed by atoms with Crippen LogP contribution in [-0.2, 0) is 17.8 Å². The van der Waals surface area contributed by atoms with E-state index in [0.717, 1.165) is 23.4 Å². The SMILES string of the molecule is Cc1nccn1Cc1ccccc1C(=O)N1CCC2(CC1)C[C@H](Cc1ccc(F)cc1)N(C)C2=O. The van der Waals surface area contributed by atoms with Gasteiger partial charge in [-0.3, -0.25) is 9.59 Å². The van der Waals surface area contributed by atoms with Gasteiger partial charge in [0, 0.05) is 50.7 Å². The third-order valence-corrected chi connectivity index (χ3v) is 7.85. The fraction of sp³-hybridized carbons (Fsp3) is 0.393. The van der Waals surface area contributed by atoms with Crippen LogP contribution in [0.2, 0.25) is 0 Å². The van der Waals surface area contributed by atoms with Crippen molar-refractivity contribution in [3.63, 3.8) is 0 Å². The molecule has 7 heteroatoms. The van der Waals surface area contributed by atoms with Crippen molar-refractivity contribution in [3.05, 3.63) is 89.3 Å². The zero-order valence-corrected chi connectivity index (χ0v) is 20.3. The highest BCUT2D eigenvalue weighted by Gasteiger charge is 2.51. The van der Waals surface area contributed by atoms with E-state index in [2.05, 4.69) is 4.98 Å². The third kappa shape index (κ3) is 4.47. The molecule has 182 valence electrons. The highest BCUT2D eigenvalue weighted by atomic mass is 19.1. The predicted octanol–water partition coefficient (Wildman–Crippen LogP) is 4.07. The topological polar surface area (TPSA) is 58.4 Å². The lowest BCUT2D eigenvalue weighted by molar-refractivity contribution is -0.137. The number of benzene rings is 2. The van der Waals surface area contributed by atoms with Gasteiger partial charge in [-0.1, -0.05) is 30.3 Å². The molecule has 0 unspecified atom stereocenters. The summed E-state index contributed by atoms with van der Waals surface area (Å²) in [5.74, 6) is 0.855. The molecule has 35 heavy (non-hydrogen) atoms. The van der Waals surface area contributed by atoms with Crippen molar-refractivity contribution in [3.8, 4) is 0 Å². The summed E-state index contributed by atoms with van der Waals surface area (Å²) in [7, 11) is 1.87. The number of halogens is 1. The van der Waals surface area contributed by atoms with Crippen LogP contribution < -0.4 is 0 Å². The fourth-order valence-electron chi connectivity index (χ4n) is 5.66. The summed E-state index contributed by atoms with van der Waals surface area (Å²) in [5, 5.41) is 0. The average molecular weight is 475 g/mol. The Morgan fingerprint density at radius 1 is 1.11 bits per heavy atom. The Labute approximate surface area is 205 Å². The van der Waals surface area contributed by atoms with Crippen molar-refractivity contribution in [2.75, 3.05) is 20.1 Å². The van der Waals surface area contributed by atoms with Crippen molar-refractivity contribution >= 4 is 11.8 Å². The molecule has 2 aliphatic heterocycles. The molecule has 1 aromatic heterocycles. The minimum Gasteiger partial charge on any atom is -0.342 e. The van der Waals surface area contributed by atoms with Gasteiger partial charge in [0.25, 0.3) is 5.91 Å². The van der Waals surface area contributed by atoms with Crippen LogP contribution >= 0.6 is 0 Å². The fourth-order valence-corrected chi connectivity index (χ4v) is 5.66. The standard InChI is InChI=1S/C28H31FN4O2/c1-20-30-13-16-33(20)19-22-5-3-4-6-25(22)26(34)32-14-11-28(12-15-32)18-24(31(2)27(28)35)17-21-7-9-23(29)10-8-21/h3-10,13,16,24H,11-12,14-15,17-19H2,1-2H3/t24-/m0/s1. The second kappa shape index (κ2) is 9.29. The second-order valence-corrected chi connectivity index (χ2v) is 9.94. The zero-order chi connectivity index (χ0) is 24.6. The van der Waals surface area contributed by atoms with E-state index in [0.29, 0.717) is 44.5 Å². The number of aromatic nitrogens is 2. The van der Waals surface area contributed by atoms with Crippen LogP contribution in [0.15, 0.2) is 60.9 Å². The molecule has 2 fully saturated rings. The van der Waals surface area contributed by atoms with E-state index in [1.54, 1.807) is 18.3 Å². The minimum absolute atomic E-state index is 0.0230. The number of carbonyl (C=O) groups is 2. The number of likely N-dealkylation sites (tertiary alicyclic amines) is 2. The molecule has 5 rings (SSSR count). The Morgan fingerprint density at radius 3 is 2.51 bits per heavy atom. The molecule has 0 aliphatic carbocycles. The summed E-state index contributed by atoms with van der Waals surface area (Å²) >= 11 is 0. The van der Waals surface area contributed by atoms with Gasteiger partial charge >= 0.3 is 0 Å². The molecule has 0 bridgehead atoms. The van der Waals surface area contributed by atoms with Crippen molar-refractivity contribution < 1.29 is 14.0 Å². The number of carbonyl (C=O) groups excluding carboxylic acids is 2. The van der Waals surface area contributed by atoms with Crippen molar-refractivity contribution in [1.29, 1.82) is 0 Å². The van der Waals surface area contributed by atoms with E-state index < -0.39 is 5.41 Å². The van der Waals surface area contributed by atoms with Crippen molar-refractivity contribution in [1.82, 2.24) is 19.4 Å². The number of hydrogen-bond donors (Lipinski definition) is 0. The lowest BCUT2D eigenvalue weighted by atomic mass is 9.75. The highest BCUT2D eigenvalue weighted by Crippen LogP contribution is 2.45. The van der Waals surface area contributed by atoms with Gasteiger partial charge in [0.1, 0.15) is 11.6 Å². The van der Waals surface area contributed by atoms with E-state index in [1.807, 2.05) is 58.8 Å². The van der Waals surface area contributed by atoms with E-state index in [1.165, 1.54) is 12.1 Å². The summed E-state index contributed by atoms with van der Waals surface area (Å²) < 4.78 is 15.3. The summed E-state index contributed by atoms with van der Waals surface area (Å²) in [6.45, 7) is 3.69. The van der Waals surface area contributed by atoms with Crippen LogP contribution in [0.5, 0.6) is 0 Å². The van der Waals surface area contributed by atoms with Gasteiger partial charge in [0.15, 0.2) is 0 Å². The van der Waals surface area contributed by atoms with Crippen LogP contribution in [0, 0.1) is 18.2 Å². The molecule has 3 aromatic rings. The Morgan fingerprint density at radius 2 is 1.83 bits per heavy atom. The lowest BCUT2D eigenvalue weighted by Gasteiger charge is -2.38. The van der Waals surface area contributed by atoms with Gasteiger partial charge in [-0.15, -0.1) is 0 Å². The molecule has 1 spiro atoms. The predicted molar refractivity (Wildman–Crippen MR) is 131 cm³/mol. The summed E-state index contributed by atoms with van der Waals surface area (Å²) in [6, 6.07) is 14.4. The van der Waals surface area contributed by atoms with Gasteiger partial charge < -0.3 is 14.4 Å². The van der Waals surface area contributed by atoms with E-state index in [4.69, 9.17) is 0 Å². The Balaban J connectivity index is 1.26. The van der Waals surface area contributed by atoms with Crippen LogP contribution in [0.3, 0.4) is 0 Å². The molecule has 0 saturated carbocycles. The Bertz CT molecular complexity index is 1230. The van der Waals surface area contributed by atoms with Gasteiger partial charge in [0.05, 0.1) is 5.41 Å². The summed E-state index contributed by atoms with van der Waals surface area (Å²) in [5.41, 5.74) is 2.30. The molecular formula is C28H31FN4O2.